The summed E-state index contributed by atoms with van der Waals surface area (Å²) in [6.07, 6.45) is 2.27. The van der Waals surface area contributed by atoms with Crippen LogP contribution in [0.3, 0.4) is 0 Å². The monoisotopic (exact) mass is 740 g/mol. The Hall–Kier alpha value is -5.36. The van der Waals surface area contributed by atoms with Crippen molar-refractivity contribution in [3.05, 3.63) is 119 Å². The van der Waals surface area contributed by atoms with Gasteiger partial charge in [-0.3, -0.25) is 9.59 Å². The highest BCUT2D eigenvalue weighted by atomic mass is 19.1. The molecule has 1 aromatic heterocycles. The quantitative estimate of drug-likeness (QED) is 0.124. The average Bonchev–Trinajstić information content (AvgIpc) is 3.79. The first-order chi connectivity index (χ1) is 26.1. The fourth-order valence-corrected chi connectivity index (χ4v) is 8.08. The van der Waals surface area contributed by atoms with E-state index < -0.39 is 17.0 Å². The predicted octanol–water partition coefficient (Wildman–Crippen LogP) is 7.30. The van der Waals surface area contributed by atoms with Crippen LogP contribution in [0.4, 0.5) is 13.2 Å². The Morgan fingerprint density at radius 1 is 0.833 bits per heavy atom. The van der Waals surface area contributed by atoms with E-state index in [9.17, 15) is 18.4 Å². The molecule has 3 heterocycles. The molecule has 0 saturated carbocycles. The third kappa shape index (κ3) is 7.26. The van der Waals surface area contributed by atoms with Crippen LogP contribution in [0, 0.1) is 23.4 Å². The second-order valence-corrected chi connectivity index (χ2v) is 14.2. The SMILES string of the molecule is COc1cc(C(=O)N2CCC(CCN3CCC(C(=O)c4nc5ccccc5n4Cc4ccc(F)cc4)CC3)(c3ccc(F)cc3F)C2)cc(OC)c1OC. The van der Waals surface area contributed by atoms with E-state index >= 15 is 4.39 Å². The summed E-state index contributed by atoms with van der Waals surface area (Å²) >= 11 is 0. The largest absolute Gasteiger partial charge is 0.493 e. The van der Waals surface area contributed by atoms with Crippen LogP contribution in [0.2, 0.25) is 0 Å². The number of ether oxygens (including phenoxy) is 3. The van der Waals surface area contributed by atoms with E-state index in [1.165, 1.54) is 45.6 Å². The maximum atomic E-state index is 15.5. The molecular weight excluding hydrogens is 697 g/mol. The molecule has 2 fully saturated rings. The van der Waals surface area contributed by atoms with E-state index in [1.54, 1.807) is 29.2 Å². The first-order valence-electron chi connectivity index (χ1n) is 18.1. The normalized spacial score (nSPS) is 17.9. The van der Waals surface area contributed by atoms with E-state index in [2.05, 4.69) is 4.90 Å². The number of rotatable bonds is 12. The van der Waals surface area contributed by atoms with Crippen LogP contribution in [0.5, 0.6) is 17.2 Å². The zero-order chi connectivity index (χ0) is 38.0. The highest BCUT2D eigenvalue weighted by Gasteiger charge is 2.44. The predicted molar refractivity (Wildman–Crippen MR) is 198 cm³/mol. The molecule has 1 atom stereocenters. The van der Waals surface area contributed by atoms with Crippen LogP contribution in [0.15, 0.2) is 78.9 Å². The summed E-state index contributed by atoms with van der Waals surface area (Å²) < 4.78 is 61.6. The van der Waals surface area contributed by atoms with E-state index in [0.717, 1.165) is 22.7 Å². The maximum Gasteiger partial charge on any atom is 0.254 e. The van der Waals surface area contributed by atoms with Gasteiger partial charge in [0.25, 0.3) is 5.91 Å². The Kier molecular flexibility index (Phi) is 10.6. The van der Waals surface area contributed by atoms with Gasteiger partial charge in [0, 0.05) is 42.6 Å². The number of methoxy groups -OCH3 is 3. The Balaban J connectivity index is 1.06. The van der Waals surface area contributed by atoms with Gasteiger partial charge in [0.15, 0.2) is 17.3 Å². The highest BCUT2D eigenvalue weighted by Crippen LogP contribution is 2.42. The fraction of sp³-hybridized carbons (Fsp3) is 0.357. The zero-order valence-electron chi connectivity index (χ0n) is 30.6. The number of benzene rings is 4. The summed E-state index contributed by atoms with van der Waals surface area (Å²) in [5.74, 6) is -0.658. The second-order valence-electron chi connectivity index (χ2n) is 14.2. The van der Waals surface area contributed by atoms with Gasteiger partial charge in [-0.25, -0.2) is 18.2 Å². The first-order valence-corrected chi connectivity index (χ1v) is 18.1. The molecule has 9 nitrogen and oxygen atoms in total. The lowest BCUT2D eigenvalue weighted by Crippen LogP contribution is -2.41. The van der Waals surface area contributed by atoms with Crippen molar-refractivity contribution in [2.75, 3.05) is 54.1 Å². The summed E-state index contributed by atoms with van der Waals surface area (Å²) in [5.41, 5.74) is 2.41. The van der Waals surface area contributed by atoms with E-state index in [0.29, 0.717) is 92.6 Å². The van der Waals surface area contributed by atoms with Gasteiger partial charge in [-0.2, -0.15) is 0 Å². The van der Waals surface area contributed by atoms with E-state index in [1.807, 2.05) is 28.8 Å². The number of imidazole rings is 1. The molecule has 4 aromatic carbocycles. The van der Waals surface area contributed by atoms with E-state index in [4.69, 9.17) is 19.2 Å². The minimum absolute atomic E-state index is 0.0189. The molecule has 2 aliphatic rings. The van der Waals surface area contributed by atoms with Gasteiger partial charge < -0.3 is 28.6 Å². The first kappa shape index (κ1) is 37.0. The molecule has 2 saturated heterocycles. The number of amides is 1. The highest BCUT2D eigenvalue weighted by molar-refractivity contribution is 5.98. The van der Waals surface area contributed by atoms with Crippen molar-refractivity contribution in [2.24, 2.45) is 5.92 Å². The van der Waals surface area contributed by atoms with Crippen molar-refractivity contribution < 1.29 is 37.0 Å². The van der Waals surface area contributed by atoms with Gasteiger partial charge >= 0.3 is 0 Å². The lowest BCUT2D eigenvalue weighted by molar-refractivity contribution is 0.0777. The van der Waals surface area contributed by atoms with Crippen LogP contribution in [0.1, 0.15) is 57.8 Å². The molecule has 5 aromatic rings. The molecule has 0 radical (unpaired) electrons. The number of para-hydroxylation sites is 2. The van der Waals surface area contributed by atoms with Gasteiger partial charge in [0.1, 0.15) is 17.5 Å². The number of carbonyl (C=O) groups is 2. The maximum absolute atomic E-state index is 15.5. The summed E-state index contributed by atoms with van der Waals surface area (Å²) in [6, 6.07) is 20.8. The van der Waals surface area contributed by atoms with Crippen LogP contribution < -0.4 is 14.2 Å². The third-order valence-electron chi connectivity index (χ3n) is 11.0. The van der Waals surface area contributed by atoms with Crippen molar-refractivity contribution in [2.45, 2.75) is 37.6 Å². The van der Waals surface area contributed by atoms with Gasteiger partial charge in [0.05, 0.1) is 32.4 Å². The zero-order valence-corrected chi connectivity index (χ0v) is 30.6. The lowest BCUT2D eigenvalue weighted by Gasteiger charge is -2.36. The Morgan fingerprint density at radius 2 is 1.52 bits per heavy atom. The summed E-state index contributed by atoms with van der Waals surface area (Å²) in [4.78, 5) is 36.7. The molecular formula is C42H43F3N4O5. The second kappa shape index (κ2) is 15.5. The van der Waals surface area contributed by atoms with E-state index in [-0.39, 0.29) is 30.0 Å². The number of fused-ring (bicyclic) bond motifs is 1. The number of hydrogen-bond acceptors (Lipinski definition) is 7. The number of aromatic nitrogens is 2. The molecule has 0 aliphatic carbocycles. The van der Waals surface area contributed by atoms with Crippen molar-refractivity contribution in [3.63, 3.8) is 0 Å². The molecule has 1 amide bonds. The molecule has 54 heavy (non-hydrogen) atoms. The number of likely N-dealkylation sites (tertiary alicyclic amines) is 2. The number of Topliss-reactive ketones (excluding diaryl/α,β-unsaturated/α-hetero) is 1. The molecule has 1 unspecified atom stereocenters. The Bertz CT molecular complexity index is 2140. The van der Waals surface area contributed by atoms with Crippen molar-refractivity contribution in [1.29, 1.82) is 0 Å². The minimum Gasteiger partial charge on any atom is -0.493 e. The average molecular weight is 741 g/mol. The number of ketones is 1. The molecule has 2 aliphatic heterocycles. The number of halogens is 3. The fourth-order valence-electron chi connectivity index (χ4n) is 8.08. The minimum atomic E-state index is -0.758. The van der Waals surface area contributed by atoms with Crippen LogP contribution >= 0.6 is 0 Å². The van der Waals surface area contributed by atoms with Gasteiger partial charge in [-0.05, 0) is 98.9 Å². The van der Waals surface area contributed by atoms with Crippen LogP contribution in [0.25, 0.3) is 11.0 Å². The number of nitrogens with zero attached hydrogens (tertiary/aromatic N) is 4. The summed E-state index contributed by atoms with van der Waals surface area (Å²) in [5, 5.41) is 0. The van der Waals surface area contributed by atoms with Crippen LogP contribution in [-0.4, -0.2) is 85.1 Å². The molecule has 0 bridgehead atoms. The van der Waals surface area contributed by atoms with Gasteiger partial charge in [-0.15, -0.1) is 0 Å². The summed E-state index contributed by atoms with van der Waals surface area (Å²) in [6.45, 7) is 2.93. The van der Waals surface area contributed by atoms with Gasteiger partial charge in [-0.1, -0.05) is 30.3 Å². The smallest absolute Gasteiger partial charge is 0.254 e. The van der Waals surface area contributed by atoms with Gasteiger partial charge in [0.2, 0.25) is 11.5 Å². The molecule has 7 rings (SSSR count). The van der Waals surface area contributed by atoms with Crippen molar-refractivity contribution in [3.8, 4) is 17.2 Å². The summed E-state index contributed by atoms with van der Waals surface area (Å²) in [7, 11) is 4.45. The third-order valence-corrected chi connectivity index (χ3v) is 11.0. The number of carbonyl (C=O) groups excluding carboxylic acids is 2. The number of piperidine rings is 1. The topological polar surface area (TPSA) is 86.1 Å². The Morgan fingerprint density at radius 3 is 2.19 bits per heavy atom. The molecule has 12 heteroatoms. The molecule has 0 N–H and O–H groups in total. The lowest BCUT2D eigenvalue weighted by atomic mass is 9.76. The number of hydrogen-bond donors (Lipinski definition) is 0. The standard InChI is InChI=1S/C42H43F3N4O5/c1-52-36-22-29(23-37(53-2)39(36)54-3)41(51)48-21-17-42(26-48,32-13-12-31(44)24-33(32)45)16-20-47-18-14-28(15-19-47)38(50)40-46-34-6-4-5-7-35(34)49(40)25-27-8-10-30(43)11-9-27/h4-13,22-24,28H,14-21,25-26H2,1-3H3. The molecule has 282 valence electrons. The Labute approximate surface area is 312 Å². The van der Waals surface area contributed by atoms with Crippen molar-refractivity contribution >= 4 is 22.7 Å². The molecule has 0 spiro atoms. The van der Waals surface area contributed by atoms with Crippen LogP contribution in [-0.2, 0) is 12.0 Å². The van der Waals surface area contributed by atoms with Crippen molar-refractivity contribution in [1.82, 2.24) is 19.4 Å².